The maximum absolute atomic E-state index is 3.86. The van der Waals surface area contributed by atoms with Crippen LogP contribution in [0, 0.1) is 0 Å². The van der Waals surface area contributed by atoms with Crippen LogP contribution in [0.5, 0.6) is 0 Å². The number of hydrogen-bond acceptors (Lipinski definition) is 8. The third kappa shape index (κ3) is 17.2. The first-order chi connectivity index (χ1) is 14.0. The van der Waals surface area contributed by atoms with E-state index in [0.717, 1.165) is 0 Å². The van der Waals surface area contributed by atoms with E-state index in [1.165, 1.54) is 0 Å². The second-order valence-corrected chi connectivity index (χ2v) is 5.30. The van der Waals surface area contributed by atoms with Gasteiger partial charge in [-0.05, 0) is 47.3 Å². The number of hydrazone groups is 1. The maximum Gasteiger partial charge on any atom is 0.0918 e. The van der Waals surface area contributed by atoms with Crippen LogP contribution in [0.3, 0.4) is 0 Å². The van der Waals surface area contributed by atoms with Crippen molar-refractivity contribution < 1.29 is 0 Å². The van der Waals surface area contributed by atoms with Gasteiger partial charge in [-0.15, -0.1) is 11.8 Å². The molecule has 8 heteroatoms. The molecule has 28 heavy (non-hydrogen) atoms. The fourth-order valence-electron chi connectivity index (χ4n) is 1.32. The highest BCUT2D eigenvalue weighted by molar-refractivity contribution is 8.04. The van der Waals surface area contributed by atoms with E-state index in [1.807, 2.05) is 65.7 Å². The summed E-state index contributed by atoms with van der Waals surface area (Å²) >= 11 is 1.63. The number of rotatable bonds is 0. The lowest BCUT2D eigenvalue weighted by atomic mass is 10.5. The van der Waals surface area contributed by atoms with Crippen molar-refractivity contribution in [3.8, 4) is 0 Å². The third-order valence-corrected chi connectivity index (χ3v) is 3.02. The van der Waals surface area contributed by atoms with E-state index in [1.54, 1.807) is 67.7 Å². The van der Waals surface area contributed by atoms with Crippen molar-refractivity contribution in [1.29, 1.82) is 0 Å². The monoisotopic (exact) mass is 393 g/mol. The predicted octanol–water partition coefficient (Wildman–Crippen LogP) is 3.72. The molecule has 0 amide bonds. The lowest BCUT2D eigenvalue weighted by molar-refractivity contribution is 0.980. The fourth-order valence-corrected chi connectivity index (χ4v) is 1.71. The topological polar surface area (TPSA) is 85.5 Å². The summed E-state index contributed by atoms with van der Waals surface area (Å²) < 4.78 is 0. The minimum atomic E-state index is 1.62. The Hall–Kier alpha value is -3.65. The van der Waals surface area contributed by atoms with Crippen molar-refractivity contribution in [2.45, 2.75) is 0 Å². The summed E-state index contributed by atoms with van der Waals surface area (Å²) in [6, 6.07) is 0. The van der Waals surface area contributed by atoms with Crippen molar-refractivity contribution >= 4 is 36.7 Å². The smallest absolute Gasteiger partial charge is 0.0918 e. The number of hydrogen-bond donors (Lipinski definition) is 3. The SMILES string of the molecule is C1=CC=NNC=C1.C1=CN=CNC=C1.C1=CNC=CN=C1.C1=CSC=CN=C1. The zero-order chi connectivity index (χ0) is 19.8. The zero-order valence-electron chi connectivity index (χ0n) is 15.2. The van der Waals surface area contributed by atoms with E-state index in [0.29, 0.717) is 0 Å². The van der Waals surface area contributed by atoms with Crippen molar-refractivity contribution in [2.24, 2.45) is 20.1 Å². The van der Waals surface area contributed by atoms with Gasteiger partial charge in [0.05, 0.1) is 6.34 Å². The predicted molar refractivity (Wildman–Crippen MR) is 124 cm³/mol. The largest absolute Gasteiger partial charge is 0.366 e. The zero-order valence-corrected chi connectivity index (χ0v) is 16.1. The number of allylic oxidation sites excluding steroid dienone is 7. The molecule has 144 valence electrons. The van der Waals surface area contributed by atoms with E-state index in [4.69, 9.17) is 0 Å². The summed E-state index contributed by atoms with van der Waals surface area (Å²) in [6.45, 7) is 0. The Morgan fingerprint density at radius 3 is 2.39 bits per heavy atom. The molecular weight excluding hydrogens is 370 g/mol. The van der Waals surface area contributed by atoms with Crippen molar-refractivity contribution in [3.63, 3.8) is 0 Å². The Morgan fingerprint density at radius 2 is 1.39 bits per heavy atom. The number of aliphatic imine (C=N–C) groups is 3. The molecule has 0 fully saturated rings. The first kappa shape index (κ1) is 22.4. The summed E-state index contributed by atoms with van der Waals surface area (Å²) in [7, 11) is 0. The van der Waals surface area contributed by atoms with Crippen molar-refractivity contribution in [1.82, 2.24) is 16.1 Å². The fraction of sp³-hybridized carbons (Fsp3) is 0. The number of nitrogens with zero attached hydrogens (tertiary/aromatic N) is 4. The molecule has 0 aromatic rings. The normalized spacial score (nSPS) is 16.3. The van der Waals surface area contributed by atoms with Gasteiger partial charge in [0.25, 0.3) is 0 Å². The molecule has 0 bridgehead atoms. The lowest BCUT2D eigenvalue weighted by Gasteiger charge is -1.78. The van der Waals surface area contributed by atoms with Crippen LogP contribution in [0.4, 0.5) is 0 Å². The Morgan fingerprint density at radius 1 is 0.536 bits per heavy atom. The average molecular weight is 394 g/mol. The van der Waals surface area contributed by atoms with Crippen LogP contribution in [0.15, 0.2) is 117 Å². The summed E-state index contributed by atoms with van der Waals surface area (Å²) in [5.74, 6) is 0. The molecule has 4 aliphatic heterocycles. The van der Waals surface area contributed by atoms with Gasteiger partial charge in [-0.25, -0.2) is 4.99 Å². The minimum Gasteiger partial charge on any atom is -0.366 e. The van der Waals surface area contributed by atoms with Crippen LogP contribution < -0.4 is 16.1 Å². The summed E-state index contributed by atoms with van der Waals surface area (Å²) in [4.78, 5) is 11.5. The average Bonchev–Trinajstić information content (AvgIpc) is 3.39. The van der Waals surface area contributed by atoms with Gasteiger partial charge in [-0.3, -0.25) is 15.4 Å². The molecule has 3 N–H and O–H groups in total. The highest BCUT2D eigenvalue weighted by Crippen LogP contribution is 2.04. The first-order valence-electron chi connectivity index (χ1n) is 8.28. The van der Waals surface area contributed by atoms with Gasteiger partial charge >= 0.3 is 0 Å². The van der Waals surface area contributed by atoms with Crippen LogP contribution in [0.1, 0.15) is 0 Å². The molecule has 0 spiro atoms. The number of nitrogens with one attached hydrogen (secondary N) is 3. The van der Waals surface area contributed by atoms with Gasteiger partial charge in [0.1, 0.15) is 0 Å². The second kappa shape index (κ2) is 19.7. The Bertz CT molecular complexity index is 565. The molecule has 0 aromatic carbocycles. The van der Waals surface area contributed by atoms with Gasteiger partial charge in [0.15, 0.2) is 0 Å². The molecule has 0 saturated carbocycles. The van der Waals surface area contributed by atoms with Crippen molar-refractivity contribution in [3.05, 3.63) is 96.7 Å². The molecule has 7 nitrogen and oxygen atoms in total. The molecule has 0 saturated heterocycles. The van der Waals surface area contributed by atoms with Gasteiger partial charge in [-0.1, -0.05) is 6.08 Å². The molecule has 0 aliphatic carbocycles. The van der Waals surface area contributed by atoms with E-state index in [9.17, 15) is 0 Å². The Balaban J connectivity index is 0.000000187. The lowest BCUT2D eigenvalue weighted by Crippen LogP contribution is -1.96. The minimum absolute atomic E-state index is 1.62. The maximum atomic E-state index is 3.86. The van der Waals surface area contributed by atoms with E-state index < -0.39 is 0 Å². The van der Waals surface area contributed by atoms with E-state index >= 15 is 0 Å². The molecule has 4 heterocycles. The van der Waals surface area contributed by atoms with Crippen LogP contribution in [0.25, 0.3) is 0 Å². The molecule has 0 aromatic heterocycles. The molecule has 4 rings (SSSR count). The Labute approximate surface area is 169 Å². The number of thioether (sulfide) groups is 1. The van der Waals surface area contributed by atoms with Crippen LogP contribution in [-0.2, 0) is 0 Å². The van der Waals surface area contributed by atoms with Gasteiger partial charge in [0.2, 0.25) is 0 Å². The summed E-state index contributed by atoms with van der Waals surface area (Å²) in [5, 5.41) is 13.3. The molecular formula is C20H23N7S. The van der Waals surface area contributed by atoms with Crippen LogP contribution in [-0.4, -0.2) is 25.0 Å². The molecule has 0 radical (unpaired) electrons. The molecule has 0 atom stereocenters. The van der Waals surface area contributed by atoms with Gasteiger partial charge in [-0.2, -0.15) is 5.10 Å². The molecule has 4 aliphatic rings. The van der Waals surface area contributed by atoms with Crippen LogP contribution in [0.2, 0.25) is 0 Å². The second-order valence-electron chi connectivity index (χ2n) is 4.48. The van der Waals surface area contributed by atoms with Crippen molar-refractivity contribution in [2.75, 3.05) is 0 Å². The van der Waals surface area contributed by atoms with E-state index in [2.05, 4.69) is 36.1 Å². The van der Waals surface area contributed by atoms with Crippen LogP contribution >= 0.6 is 11.8 Å². The first-order valence-corrected chi connectivity index (χ1v) is 9.22. The Kier molecular flexibility index (Phi) is 15.7. The molecule has 0 unspecified atom stereocenters. The standard InChI is InChI=1S/3C5H6N2.C5H5NS/c1-2-6-4-5-7-3-1;1-2-4-7-5-6-3-1;1-2-4-6-7-5-3-1;1-2-6-3-5-7-4-1/h1-6H;1-5H,(H,6,7);1-6H;1-5H. The highest BCUT2D eigenvalue weighted by Gasteiger charge is 1.72. The highest BCUT2D eigenvalue weighted by atomic mass is 32.2. The van der Waals surface area contributed by atoms with Gasteiger partial charge < -0.3 is 10.6 Å². The third-order valence-electron chi connectivity index (χ3n) is 2.43. The quantitative estimate of drug-likeness (QED) is 0.585. The van der Waals surface area contributed by atoms with E-state index in [-0.39, 0.29) is 0 Å². The summed E-state index contributed by atoms with van der Waals surface area (Å²) in [6.07, 6.45) is 32.3. The van der Waals surface area contributed by atoms with Gasteiger partial charge in [0, 0.05) is 62.0 Å². The summed E-state index contributed by atoms with van der Waals surface area (Å²) in [5.41, 5.74) is 2.67.